The summed E-state index contributed by atoms with van der Waals surface area (Å²) >= 11 is 0. The van der Waals surface area contributed by atoms with Gasteiger partial charge in [0.1, 0.15) is 0 Å². The standard InChI is InChI=1S/C12H16FNO/c1-9-3-2-4-11(12(9)13)15-6-5-10-7-14-8-10/h2-4,10,14H,5-8H2,1H3. The number of ether oxygens (including phenoxy) is 1. The number of nitrogens with one attached hydrogen (secondary N) is 1. The summed E-state index contributed by atoms with van der Waals surface area (Å²) in [5, 5.41) is 3.20. The lowest BCUT2D eigenvalue weighted by Gasteiger charge is -2.26. The zero-order chi connectivity index (χ0) is 10.7. The topological polar surface area (TPSA) is 21.3 Å². The zero-order valence-corrected chi connectivity index (χ0v) is 8.92. The lowest BCUT2D eigenvalue weighted by Crippen LogP contribution is -2.42. The number of aryl methyl sites for hydroxylation is 1. The summed E-state index contributed by atoms with van der Waals surface area (Å²) in [6, 6.07) is 5.25. The molecule has 0 radical (unpaired) electrons. The molecule has 2 nitrogen and oxygen atoms in total. The Morgan fingerprint density at radius 2 is 2.27 bits per heavy atom. The molecule has 3 heteroatoms. The molecule has 0 unspecified atom stereocenters. The minimum atomic E-state index is -0.232. The molecule has 1 fully saturated rings. The minimum absolute atomic E-state index is 0.232. The van der Waals surface area contributed by atoms with Crippen LogP contribution in [0.2, 0.25) is 0 Å². The van der Waals surface area contributed by atoms with Crippen LogP contribution in [0.5, 0.6) is 5.75 Å². The van der Waals surface area contributed by atoms with Crippen LogP contribution >= 0.6 is 0 Å². The fourth-order valence-electron chi connectivity index (χ4n) is 1.62. The Balaban J connectivity index is 1.84. The molecule has 1 aliphatic rings. The van der Waals surface area contributed by atoms with Crippen molar-refractivity contribution in [2.45, 2.75) is 13.3 Å². The van der Waals surface area contributed by atoms with Crippen LogP contribution in [0.15, 0.2) is 18.2 Å². The Kier molecular flexibility index (Phi) is 3.21. The molecule has 82 valence electrons. The maximum absolute atomic E-state index is 13.5. The largest absolute Gasteiger partial charge is 0.490 e. The average Bonchev–Trinajstić information content (AvgIpc) is 2.16. The third-order valence-corrected chi connectivity index (χ3v) is 2.81. The average molecular weight is 209 g/mol. The molecule has 0 spiro atoms. The smallest absolute Gasteiger partial charge is 0.167 e. The zero-order valence-electron chi connectivity index (χ0n) is 8.92. The second-order valence-corrected chi connectivity index (χ2v) is 4.05. The van der Waals surface area contributed by atoms with Gasteiger partial charge in [-0.3, -0.25) is 0 Å². The van der Waals surface area contributed by atoms with Gasteiger partial charge in [0.2, 0.25) is 0 Å². The Labute approximate surface area is 89.4 Å². The van der Waals surface area contributed by atoms with Gasteiger partial charge in [-0.2, -0.15) is 0 Å². The van der Waals surface area contributed by atoms with Crippen molar-refractivity contribution in [3.05, 3.63) is 29.6 Å². The van der Waals surface area contributed by atoms with Gasteiger partial charge in [0.15, 0.2) is 11.6 Å². The van der Waals surface area contributed by atoms with Gasteiger partial charge in [-0.05, 0) is 44.0 Å². The number of hydrogen-bond donors (Lipinski definition) is 1. The molecule has 15 heavy (non-hydrogen) atoms. The number of benzene rings is 1. The highest BCUT2D eigenvalue weighted by Gasteiger charge is 2.16. The Bertz CT molecular complexity index is 336. The van der Waals surface area contributed by atoms with Crippen LogP contribution in [0.4, 0.5) is 4.39 Å². The molecular formula is C12H16FNO. The monoisotopic (exact) mass is 209 g/mol. The number of rotatable bonds is 4. The Hall–Kier alpha value is -1.09. The predicted molar refractivity (Wildman–Crippen MR) is 57.6 cm³/mol. The number of halogens is 1. The molecular weight excluding hydrogens is 193 g/mol. The van der Waals surface area contributed by atoms with Gasteiger partial charge in [0.25, 0.3) is 0 Å². The van der Waals surface area contributed by atoms with Crippen molar-refractivity contribution < 1.29 is 9.13 Å². The van der Waals surface area contributed by atoms with Crippen LogP contribution < -0.4 is 10.1 Å². The lowest BCUT2D eigenvalue weighted by molar-refractivity contribution is 0.231. The van der Waals surface area contributed by atoms with Crippen LogP contribution in [0.1, 0.15) is 12.0 Å². The number of hydrogen-bond acceptors (Lipinski definition) is 2. The summed E-state index contributed by atoms with van der Waals surface area (Å²) in [5.74, 6) is 0.851. The molecule has 0 amide bonds. The molecule has 0 atom stereocenters. The van der Waals surface area contributed by atoms with Gasteiger partial charge < -0.3 is 10.1 Å². The molecule has 0 aromatic heterocycles. The Morgan fingerprint density at radius 1 is 1.47 bits per heavy atom. The molecule has 0 aliphatic carbocycles. The summed E-state index contributed by atoms with van der Waals surface area (Å²) in [4.78, 5) is 0. The van der Waals surface area contributed by atoms with Crippen LogP contribution in [0.25, 0.3) is 0 Å². The van der Waals surface area contributed by atoms with Crippen molar-refractivity contribution in [2.24, 2.45) is 5.92 Å². The first-order valence-electron chi connectivity index (χ1n) is 5.36. The van der Waals surface area contributed by atoms with Gasteiger partial charge >= 0.3 is 0 Å². The molecule has 1 saturated heterocycles. The van der Waals surface area contributed by atoms with E-state index in [0.717, 1.165) is 19.5 Å². The lowest BCUT2D eigenvalue weighted by atomic mass is 10.0. The van der Waals surface area contributed by atoms with Crippen molar-refractivity contribution in [3.63, 3.8) is 0 Å². The van der Waals surface area contributed by atoms with E-state index in [-0.39, 0.29) is 5.82 Å². The molecule has 0 saturated carbocycles. The molecule has 0 bridgehead atoms. The fraction of sp³-hybridized carbons (Fsp3) is 0.500. The molecule has 1 aromatic carbocycles. The maximum Gasteiger partial charge on any atom is 0.167 e. The maximum atomic E-state index is 13.5. The third-order valence-electron chi connectivity index (χ3n) is 2.81. The highest BCUT2D eigenvalue weighted by molar-refractivity contribution is 5.29. The van der Waals surface area contributed by atoms with Gasteiger partial charge in [0.05, 0.1) is 6.61 Å². The van der Waals surface area contributed by atoms with E-state index in [1.807, 2.05) is 6.07 Å². The molecule has 1 heterocycles. The fourth-order valence-corrected chi connectivity index (χ4v) is 1.62. The van der Waals surface area contributed by atoms with Crippen molar-refractivity contribution in [3.8, 4) is 5.75 Å². The van der Waals surface area contributed by atoms with Crippen molar-refractivity contribution >= 4 is 0 Å². The minimum Gasteiger partial charge on any atom is -0.490 e. The summed E-state index contributed by atoms with van der Waals surface area (Å²) in [6.07, 6.45) is 1.00. The Morgan fingerprint density at radius 3 is 2.93 bits per heavy atom. The van der Waals surface area contributed by atoms with E-state index in [1.165, 1.54) is 0 Å². The normalized spacial score (nSPS) is 16.1. The third kappa shape index (κ3) is 2.48. The van der Waals surface area contributed by atoms with E-state index < -0.39 is 0 Å². The quantitative estimate of drug-likeness (QED) is 0.820. The molecule has 2 rings (SSSR count). The van der Waals surface area contributed by atoms with Crippen molar-refractivity contribution in [1.82, 2.24) is 5.32 Å². The predicted octanol–water partition coefficient (Wildman–Crippen LogP) is 2.12. The molecule has 1 aromatic rings. The van der Waals surface area contributed by atoms with Gasteiger partial charge in [-0.25, -0.2) is 4.39 Å². The second kappa shape index (κ2) is 4.62. The second-order valence-electron chi connectivity index (χ2n) is 4.05. The molecule has 1 N–H and O–H groups in total. The summed E-state index contributed by atoms with van der Waals surface area (Å²) in [6.45, 7) is 4.49. The van der Waals surface area contributed by atoms with Crippen LogP contribution in [0, 0.1) is 18.7 Å². The summed E-state index contributed by atoms with van der Waals surface area (Å²) < 4.78 is 18.9. The SMILES string of the molecule is Cc1cccc(OCCC2CNC2)c1F. The van der Waals surface area contributed by atoms with E-state index >= 15 is 0 Å². The molecule has 1 aliphatic heterocycles. The van der Waals surface area contributed by atoms with Gasteiger partial charge in [0, 0.05) is 0 Å². The van der Waals surface area contributed by atoms with Gasteiger partial charge in [-0.15, -0.1) is 0 Å². The highest BCUT2D eigenvalue weighted by atomic mass is 19.1. The van der Waals surface area contributed by atoms with Crippen LogP contribution in [-0.4, -0.2) is 19.7 Å². The summed E-state index contributed by atoms with van der Waals surface area (Å²) in [7, 11) is 0. The van der Waals surface area contributed by atoms with E-state index in [0.29, 0.717) is 23.8 Å². The first-order chi connectivity index (χ1) is 7.27. The van der Waals surface area contributed by atoms with Gasteiger partial charge in [-0.1, -0.05) is 12.1 Å². The van der Waals surface area contributed by atoms with Crippen molar-refractivity contribution in [2.75, 3.05) is 19.7 Å². The highest BCUT2D eigenvalue weighted by Crippen LogP contribution is 2.20. The van der Waals surface area contributed by atoms with Crippen LogP contribution in [0.3, 0.4) is 0 Å². The summed E-state index contributed by atoms with van der Waals surface area (Å²) in [5.41, 5.74) is 0.637. The van der Waals surface area contributed by atoms with E-state index in [9.17, 15) is 4.39 Å². The van der Waals surface area contributed by atoms with E-state index in [2.05, 4.69) is 5.32 Å². The van der Waals surface area contributed by atoms with E-state index in [4.69, 9.17) is 4.74 Å². The van der Waals surface area contributed by atoms with E-state index in [1.54, 1.807) is 19.1 Å². The van der Waals surface area contributed by atoms with Crippen LogP contribution in [-0.2, 0) is 0 Å². The van der Waals surface area contributed by atoms with Crippen molar-refractivity contribution in [1.29, 1.82) is 0 Å². The first-order valence-corrected chi connectivity index (χ1v) is 5.36. The first kappa shape index (κ1) is 10.4.